The van der Waals surface area contributed by atoms with E-state index in [1.807, 2.05) is 32.8 Å². The monoisotopic (exact) mass is 833 g/mol. The zero-order valence-corrected chi connectivity index (χ0v) is 36.5. The average molecular weight is 834 g/mol. The van der Waals surface area contributed by atoms with Crippen LogP contribution in [0, 0.1) is 23.7 Å². The molecule has 4 aliphatic rings. The number of rotatable bonds is 9. The standard InChI is InChI=1S/C18H29N2O5P.C12H21NO4.C6H10NO2P.B.ClH/c1-6-11-8-13(20(10-11)16(23)24-17(3,4)5)14(21)19-18(15(22)25-26)9-12(18)7-2;1-5-8-6-9(10(14)15)13(7-8)11(16)17-12(2,3)4;1-2-4-3-6(4,7)5(8)9-10;;/h7,11-13H,2,6,8-10,26H2,1,3-5H3,(H,19,21);8-9H,5-7H2,1-4H3,(H,14,15);2,4H,1,3,7,10H2;;1H/t11-,12?,13+,18?;8-,9+;;;/m11.../s1. The number of ether oxygens (including phenoxy) is 2. The van der Waals surface area contributed by atoms with E-state index >= 15 is 0 Å². The second kappa shape index (κ2) is 21.0. The van der Waals surface area contributed by atoms with E-state index in [0.29, 0.717) is 38.8 Å². The predicted molar refractivity (Wildman–Crippen MR) is 217 cm³/mol. The first-order valence-electron chi connectivity index (χ1n) is 17.9. The first kappa shape index (κ1) is 52.1. The molecule has 3 radical (unpaired) electrons. The van der Waals surface area contributed by atoms with E-state index in [2.05, 4.69) is 23.0 Å². The van der Waals surface area contributed by atoms with Gasteiger partial charge in [-0.05, 0) is 79.1 Å². The summed E-state index contributed by atoms with van der Waals surface area (Å²) in [6.07, 6.45) is 6.19. The van der Waals surface area contributed by atoms with Crippen LogP contribution in [0.4, 0.5) is 9.59 Å². The smallest absolute Gasteiger partial charge is 0.411 e. The molecule has 15 nitrogen and oxygen atoms in total. The van der Waals surface area contributed by atoms with Gasteiger partial charge in [-0.3, -0.25) is 14.6 Å². The van der Waals surface area contributed by atoms with E-state index in [1.165, 1.54) is 9.80 Å². The molecule has 311 valence electrons. The molecule has 2 aliphatic heterocycles. The first-order chi connectivity index (χ1) is 24.5. The number of carbonyl (C=O) groups excluding carboxylic acids is 5. The summed E-state index contributed by atoms with van der Waals surface area (Å²) in [4.78, 5) is 74.2. The Kier molecular flexibility index (Phi) is 19.9. The maximum atomic E-state index is 12.9. The number of nitrogens with zero attached hydrogens (tertiary/aromatic N) is 2. The van der Waals surface area contributed by atoms with Crippen molar-refractivity contribution in [2.45, 2.75) is 128 Å². The third kappa shape index (κ3) is 13.9. The van der Waals surface area contributed by atoms with Crippen LogP contribution in [-0.4, -0.2) is 107 Å². The van der Waals surface area contributed by atoms with Gasteiger partial charge in [0, 0.05) is 33.3 Å². The zero-order valence-electron chi connectivity index (χ0n) is 33.3. The molecular formula is C36H61BClN4O11P2. The Morgan fingerprint density at radius 1 is 0.800 bits per heavy atom. The second-order valence-corrected chi connectivity index (χ2v) is 16.5. The molecule has 0 bridgehead atoms. The summed E-state index contributed by atoms with van der Waals surface area (Å²) in [6.45, 7) is 22.9. The van der Waals surface area contributed by atoms with Gasteiger partial charge in [-0.25, -0.2) is 24.0 Å². The lowest BCUT2D eigenvalue weighted by molar-refractivity contribution is -0.142. The highest BCUT2D eigenvalue weighted by atomic mass is 35.5. The number of nitrogens with one attached hydrogen (secondary N) is 1. The molecule has 19 heteroatoms. The van der Waals surface area contributed by atoms with Gasteiger partial charge >= 0.3 is 30.1 Å². The molecule has 4 fully saturated rings. The average Bonchev–Trinajstić information content (AvgIpc) is 3.79. The second-order valence-electron chi connectivity index (χ2n) is 16.1. The van der Waals surface area contributed by atoms with Gasteiger partial charge in [0.2, 0.25) is 5.91 Å². The SMILES string of the molecule is C=CC1CC1(N)C(=O)OP.C=CC1CC1(NC(=O)[C@@H]1C[C@@H](CC)CN1C(=O)OC(C)(C)C)C(=O)OP.CC[C@@H]1C[C@@H](C(=O)O)N(C(=O)OC(C)(C)C)C1.Cl.[B]. The fourth-order valence-corrected chi connectivity index (χ4v) is 6.75. The van der Waals surface area contributed by atoms with Crippen LogP contribution >= 0.6 is 31.3 Å². The maximum absolute atomic E-state index is 12.9. The summed E-state index contributed by atoms with van der Waals surface area (Å²) in [6, 6.07) is -1.40. The summed E-state index contributed by atoms with van der Waals surface area (Å²) in [5.41, 5.74) is 2.51. The molecule has 0 aromatic rings. The Balaban J connectivity index is 0.000000864. The lowest BCUT2D eigenvalue weighted by Crippen LogP contribution is -2.53. The lowest BCUT2D eigenvalue weighted by Gasteiger charge is -2.29. The van der Waals surface area contributed by atoms with Crippen LogP contribution in [0.3, 0.4) is 0 Å². The molecular weight excluding hydrogens is 773 g/mol. The summed E-state index contributed by atoms with van der Waals surface area (Å²) < 4.78 is 19.8. The van der Waals surface area contributed by atoms with Gasteiger partial charge in [0.1, 0.15) is 34.4 Å². The van der Waals surface area contributed by atoms with Gasteiger partial charge < -0.3 is 34.7 Å². The highest BCUT2D eigenvalue weighted by Crippen LogP contribution is 2.46. The van der Waals surface area contributed by atoms with Crippen molar-refractivity contribution in [2.24, 2.45) is 29.4 Å². The van der Waals surface area contributed by atoms with E-state index in [0.717, 1.165) is 12.8 Å². The summed E-state index contributed by atoms with van der Waals surface area (Å²) >= 11 is 0. The summed E-state index contributed by atoms with van der Waals surface area (Å²) in [7, 11) is 3.81. The molecule has 4 rings (SSSR count). The van der Waals surface area contributed by atoms with Crippen LogP contribution < -0.4 is 11.1 Å². The van der Waals surface area contributed by atoms with Gasteiger partial charge in [0.05, 0.1) is 18.9 Å². The van der Waals surface area contributed by atoms with Crippen LogP contribution in [-0.2, 0) is 37.7 Å². The van der Waals surface area contributed by atoms with Gasteiger partial charge in [-0.15, -0.1) is 25.6 Å². The van der Waals surface area contributed by atoms with Gasteiger partial charge in [-0.2, -0.15) is 0 Å². The Morgan fingerprint density at radius 2 is 1.22 bits per heavy atom. The zero-order chi connectivity index (χ0) is 40.7. The molecule has 2 heterocycles. The Hall–Kier alpha value is -2.93. The number of nitrogens with two attached hydrogens (primary N) is 1. The van der Waals surface area contributed by atoms with E-state index in [9.17, 15) is 28.8 Å². The van der Waals surface area contributed by atoms with E-state index < -0.39 is 58.5 Å². The van der Waals surface area contributed by atoms with Crippen molar-refractivity contribution >= 4 is 75.8 Å². The number of carbonyl (C=O) groups is 6. The number of carboxylic acid groups (broad SMARTS) is 1. The minimum absolute atomic E-state index is 0. The molecule has 0 aromatic carbocycles. The number of hydrogen-bond donors (Lipinski definition) is 3. The third-order valence-corrected chi connectivity index (χ3v) is 10.1. The van der Waals surface area contributed by atoms with Gasteiger partial charge in [0.15, 0.2) is 0 Å². The molecule has 2 saturated heterocycles. The van der Waals surface area contributed by atoms with Crippen LogP contribution in [0.2, 0.25) is 0 Å². The maximum Gasteiger partial charge on any atom is 0.411 e. The molecule has 10 atom stereocenters. The largest absolute Gasteiger partial charge is 0.480 e. The fourth-order valence-electron chi connectivity index (χ4n) is 6.32. The van der Waals surface area contributed by atoms with Crippen molar-refractivity contribution in [2.75, 3.05) is 13.1 Å². The van der Waals surface area contributed by atoms with Crippen molar-refractivity contribution in [1.82, 2.24) is 15.1 Å². The van der Waals surface area contributed by atoms with E-state index in [-0.39, 0.29) is 56.4 Å². The highest BCUT2D eigenvalue weighted by Gasteiger charge is 2.62. The number of carboxylic acids is 1. The lowest BCUT2D eigenvalue weighted by atomic mass is 10.0. The van der Waals surface area contributed by atoms with Crippen LogP contribution in [0.5, 0.6) is 0 Å². The number of aliphatic carboxylic acids is 1. The Morgan fingerprint density at radius 3 is 1.55 bits per heavy atom. The number of amides is 3. The van der Waals surface area contributed by atoms with Crippen LogP contribution in [0.15, 0.2) is 25.3 Å². The minimum Gasteiger partial charge on any atom is -0.480 e. The normalized spacial score (nSPS) is 28.8. The predicted octanol–water partition coefficient (Wildman–Crippen LogP) is 4.79. The topological polar surface area (TPSA) is 204 Å². The van der Waals surface area contributed by atoms with Crippen LogP contribution in [0.1, 0.15) is 93.9 Å². The molecule has 0 spiro atoms. The third-order valence-electron chi connectivity index (χ3n) is 9.72. The van der Waals surface area contributed by atoms with E-state index in [4.69, 9.17) is 24.8 Å². The molecule has 4 N–H and O–H groups in total. The molecule has 6 unspecified atom stereocenters. The Bertz CT molecular complexity index is 1410. The molecule has 2 saturated carbocycles. The van der Waals surface area contributed by atoms with Crippen LogP contribution in [0.25, 0.3) is 0 Å². The van der Waals surface area contributed by atoms with Crippen molar-refractivity contribution in [3.05, 3.63) is 25.3 Å². The fraction of sp³-hybridized carbons (Fsp3) is 0.722. The van der Waals surface area contributed by atoms with Gasteiger partial charge in [-0.1, -0.05) is 38.8 Å². The number of halogens is 1. The number of likely N-dealkylation sites (tertiary alicyclic amines) is 2. The Labute approximate surface area is 338 Å². The van der Waals surface area contributed by atoms with E-state index in [1.54, 1.807) is 53.7 Å². The first-order valence-corrected chi connectivity index (χ1v) is 18.8. The molecule has 0 aromatic heterocycles. The number of hydrogen-bond acceptors (Lipinski definition) is 11. The summed E-state index contributed by atoms with van der Waals surface area (Å²) in [5.74, 6) is -1.80. The van der Waals surface area contributed by atoms with Crippen molar-refractivity contribution in [1.29, 1.82) is 0 Å². The van der Waals surface area contributed by atoms with Crippen molar-refractivity contribution < 1.29 is 52.4 Å². The van der Waals surface area contributed by atoms with Crippen molar-refractivity contribution in [3.8, 4) is 0 Å². The van der Waals surface area contributed by atoms with Gasteiger partial charge in [0.25, 0.3) is 0 Å². The molecule has 2 aliphatic carbocycles. The summed E-state index contributed by atoms with van der Waals surface area (Å²) in [5, 5.41) is 11.9. The minimum atomic E-state index is -1.08. The quantitative estimate of drug-likeness (QED) is 0.163. The van der Waals surface area contributed by atoms with Crippen molar-refractivity contribution in [3.63, 3.8) is 0 Å². The molecule has 55 heavy (non-hydrogen) atoms. The highest BCUT2D eigenvalue weighted by molar-refractivity contribution is 7.11. The molecule has 3 amide bonds.